The van der Waals surface area contributed by atoms with E-state index in [1.165, 1.54) is 14.0 Å². The molecule has 0 saturated carbocycles. The number of amides is 1. The molecule has 0 aromatic heterocycles. The molecule has 25 heavy (non-hydrogen) atoms. The number of fused-ring (bicyclic) bond motifs is 1. The van der Waals surface area contributed by atoms with Crippen LogP contribution in [0.15, 0.2) is 18.2 Å². The van der Waals surface area contributed by atoms with E-state index in [0.717, 1.165) is 6.42 Å². The Morgan fingerprint density at radius 1 is 1.40 bits per heavy atom. The van der Waals surface area contributed by atoms with Crippen LogP contribution in [0.25, 0.3) is 0 Å². The first-order valence-corrected chi connectivity index (χ1v) is 9.15. The summed E-state index contributed by atoms with van der Waals surface area (Å²) in [5.41, 5.74) is 1.16. The Labute approximate surface area is 150 Å². The third-order valence-corrected chi connectivity index (χ3v) is 6.28. The Kier molecular flexibility index (Phi) is 4.77. The highest BCUT2D eigenvalue weighted by atomic mass is 32.2. The lowest BCUT2D eigenvalue weighted by Crippen LogP contribution is -2.46. The molecule has 2 aliphatic rings. The maximum absolute atomic E-state index is 12.5. The van der Waals surface area contributed by atoms with Gasteiger partial charge in [-0.15, -0.1) is 11.8 Å². The lowest BCUT2D eigenvalue weighted by Gasteiger charge is -2.29. The summed E-state index contributed by atoms with van der Waals surface area (Å²) in [6.07, 6.45) is 1.23. The number of hydrogen-bond acceptors (Lipinski definition) is 6. The number of ketones is 1. The van der Waals surface area contributed by atoms with Crippen molar-refractivity contribution in [3.8, 4) is 5.75 Å². The first-order chi connectivity index (χ1) is 11.9. The summed E-state index contributed by atoms with van der Waals surface area (Å²) in [5, 5.41) is 0. The Morgan fingerprint density at radius 2 is 2.16 bits per heavy atom. The topological polar surface area (TPSA) is 72.9 Å². The van der Waals surface area contributed by atoms with Crippen LogP contribution in [-0.4, -0.2) is 46.3 Å². The minimum atomic E-state index is -0.549. The van der Waals surface area contributed by atoms with Gasteiger partial charge in [-0.2, -0.15) is 0 Å². The van der Waals surface area contributed by atoms with Crippen LogP contribution in [0.1, 0.15) is 42.6 Å². The van der Waals surface area contributed by atoms with Crippen LogP contribution < -0.4 is 4.74 Å². The second-order valence-electron chi connectivity index (χ2n) is 6.46. The Hall–Kier alpha value is -2.02. The molecule has 1 aromatic rings. The smallest absolute Gasteiger partial charge is 0.330 e. The van der Waals surface area contributed by atoms with Crippen LogP contribution in [0.2, 0.25) is 0 Å². The van der Waals surface area contributed by atoms with Crippen molar-refractivity contribution in [2.75, 3.05) is 12.9 Å². The molecule has 2 saturated heterocycles. The van der Waals surface area contributed by atoms with Crippen molar-refractivity contribution in [3.63, 3.8) is 0 Å². The maximum atomic E-state index is 12.5. The van der Waals surface area contributed by atoms with Gasteiger partial charge in [-0.3, -0.25) is 9.59 Å². The van der Waals surface area contributed by atoms with Crippen molar-refractivity contribution < 1.29 is 23.9 Å². The maximum Gasteiger partial charge on any atom is 0.330 e. The van der Waals surface area contributed by atoms with Gasteiger partial charge in [0.2, 0.25) is 5.91 Å². The molecule has 2 fully saturated rings. The third kappa shape index (κ3) is 3.25. The number of rotatable bonds is 5. The summed E-state index contributed by atoms with van der Waals surface area (Å²) < 4.78 is 10.7. The fourth-order valence-corrected chi connectivity index (χ4v) is 4.77. The predicted molar refractivity (Wildman–Crippen MR) is 93.5 cm³/mol. The molecule has 2 heterocycles. The molecule has 2 aliphatic heterocycles. The van der Waals surface area contributed by atoms with E-state index in [4.69, 9.17) is 9.47 Å². The minimum absolute atomic E-state index is 0.00301. The van der Waals surface area contributed by atoms with Gasteiger partial charge in [-0.25, -0.2) is 4.79 Å². The van der Waals surface area contributed by atoms with Crippen molar-refractivity contribution in [3.05, 3.63) is 29.3 Å². The molecule has 0 bridgehead atoms. The molecule has 0 radical (unpaired) electrons. The molecular formula is C18H21NO5S. The second-order valence-corrected chi connectivity index (χ2v) is 7.96. The van der Waals surface area contributed by atoms with Gasteiger partial charge in [0, 0.05) is 23.3 Å². The zero-order chi connectivity index (χ0) is 18.2. The number of esters is 1. The third-order valence-electron chi connectivity index (χ3n) is 4.77. The van der Waals surface area contributed by atoms with Gasteiger partial charge in [0.1, 0.15) is 18.4 Å². The fourth-order valence-electron chi connectivity index (χ4n) is 3.35. The highest BCUT2D eigenvalue weighted by molar-refractivity contribution is 8.01. The number of hydrogen-bond donors (Lipinski definition) is 0. The summed E-state index contributed by atoms with van der Waals surface area (Å²) in [4.78, 5) is 37.6. The van der Waals surface area contributed by atoms with Crippen LogP contribution in [0.3, 0.4) is 0 Å². The van der Waals surface area contributed by atoms with Crippen molar-refractivity contribution in [2.24, 2.45) is 0 Å². The average Bonchev–Trinajstić information content (AvgIpc) is 3.08. The zero-order valence-electron chi connectivity index (χ0n) is 14.5. The second kappa shape index (κ2) is 6.71. The number of carbonyl (C=O) groups excluding carboxylic acids is 3. The molecule has 6 nitrogen and oxygen atoms in total. The van der Waals surface area contributed by atoms with E-state index in [1.54, 1.807) is 34.9 Å². The van der Waals surface area contributed by atoms with E-state index in [1.807, 2.05) is 6.92 Å². The predicted octanol–water partition coefficient (Wildman–Crippen LogP) is 2.40. The molecule has 0 spiro atoms. The molecular weight excluding hydrogens is 342 g/mol. The number of carbonyl (C=O) groups is 3. The summed E-state index contributed by atoms with van der Waals surface area (Å²) in [5.74, 6) is 0.625. The van der Waals surface area contributed by atoms with Crippen molar-refractivity contribution in [1.29, 1.82) is 0 Å². The van der Waals surface area contributed by atoms with Crippen LogP contribution >= 0.6 is 11.8 Å². The van der Waals surface area contributed by atoms with Crippen LogP contribution in [-0.2, 0) is 20.9 Å². The van der Waals surface area contributed by atoms with Crippen LogP contribution in [0.5, 0.6) is 5.75 Å². The van der Waals surface area contributed by atoms with Gasteiger partial charge in [-0.1, -0.05) is 0 Å². The molecule has 7 heteroatoms. The number of ether oxygens (including phenoxy) is 2. The van der Waals surface area contributed by atoms with E-state index in [9.17, 15) is 14.4 Å². The molecule has 134 valence electrons. The summed E-state index contributed by atoms with van der Waals surface area (Å²) in [7, 11) is 1.52. The monoisotopic (exact) mass is 363 g/mol. The van der Waals surface area contributed by atoms with Gasteiger partial charge < -0.3 is 14.4 Å². The number of thioether (sulfide) groups is 1. The first-order valence-electron chi connectivity index (χ1n) is 8.16. The quantitative estimate of drug-likeness (QED) is 0.591. The molecule has 1 amide bonds. The van der Waals surface area contributed by atoms with Crippen molar-refractivity contribution in [2.45, 2.75) is 44.2 Å². The first kappa shape index (κ1) is 17.8. The lowest BCUT2D eigenvalue weighted by atomic mass is 10.1. The normalized spacial score (nSPS) is 25.0. The summed E-state index contributed by atoms with van der Waals surface area (Å²) >= 11 is 1.63. The van der Waals surface area contributed by atoms with Gasteiger partial charge in [0.15, 0.2) is 5.78 Å². The highest BCUT2D eigenvalue weighted by Crippen LogP contribution is 2.47. The van der Waals surface area contributed by atoms with E-state index in [0.29, 0.717) is 29.1 Å². The Balaban J connectivity index is 1.72. The fraction of sp³-hybridized carbons (Fsp3) is 0.500. The van der Waals surface area contributed by atoms with Gasteiger partial charge in [0.05, 0.1) is 12.0 Å². The number of benzene rings is 1. The summed E-state index contributed by atoms with van der Waals surface area (Å²) in [6, 6.07) is 4.48. The van der Waals surface area contributed by atoms with E-state index < -0.39 is 12.0 Å². The molecule has 2 atom stereocenters. The Bertz CT molecular complexity index is 734. The van der Waals surface area contributed by atoms with E-state index >= 15 is 0 Å². The molecule has 1 aromatic carbocycles. The summed E-state index contributed by atoms with van der Waals surface area (Å²) in [6.45, 7) is 3.48. The highest BCUT2D eigenvalue weighted by Gasteiger charge is 2.53. The Morgan fingerprint density at radius 3 is 2.84 bits per heavy atom. The number of nitrogens with zero attached hydrogens (tertiary/aromatic N) is 1. The molecule has 0 unspecified atom stereocenters. The van der Waals surface area contributed by atoms with E-state index in [2.05, 4.69) is 0 Å². The minimum Gasteiger partial charge on any atom is -0.496 e. The van der Waals surface area contributed by atoms with E-state index in [-0.39, 0.29) is 23.2 Å². The van der Waals surface area contributed by atoms with Gasteiger partial charge in [0.25, 0.3) is 0 Å². The zero-order valence-corrected chi connectivity index (χ0v) is 15.4. The van der Waals surface area contributed by atoms with Crippen LogP contribution in [0, 0.1) is 0 Å². The van der Waals surface area contributed by atoms with Crippen molar-refractivity contribution >= 4 is 29.4 Å². The number of Topliss-reactive ketones (excluding diaryl/α,β-unsaturated/α-hetero) is 1. The average molecular weight is 363 g/mol. The lowest BCUT2D eigenvalue weighted by molar-refractivity contribution is -0.154. The standard InChI is InChI=1S/C18H21NO5S/c1-11(20)12-4-5-15(23-3)13(8-12)9-24-17(22)14-10-25-18(2)7-6-16(21)19(14)18/h4-5,8,14H,6-7,9-10H2,1-3H3/t14-,18-/m1/s1. The van der Waals surface area contributed by atoms with Crippen molar-refractivity contribution in [1.82, 2.24) is 4.90 Å². The SMILES string of the molecule is COc1ccc(C(C)=O)cc1COC(=O)[C@H]1CS[C@]2(C)CCC(=O)N12. The molecule has 0 N–H and O–H groups in total. The number of methoxy groups -OCH3 is 1. The largest absolute Gasteiger partial charge is 0.496 e. The molecule has 3 rings (SSSR count). The van der Waals surface area contributed by atoms with Gasteiger partial charge in [-0.05, 0) is 38.5 Å². The van der Waals surface area contributed by atoms with Gasteiger partial charge >= 0.3 is 5.97 Å². The van der Waals surface area contributed by atoms with Crippen LogP contribution in [0.4, 0.5) is 0 Å². The molecule has 0 aliphatic carbocycles.